The first-order valence-electron chi connectivity index (χ1n) is 7.26. The quantitative estimate of drug-likeness (QED) is 0.689. The van der Waals surface area contributed by atoms with Crippen LogP contribution in [0.3, 0.4) is 0 Å². The average Bonchev–Trinajstić information content (AvgIpc) is 2.81. The van der Waals surface area contributed by atoms with Crippen LogP contribution in [0, 0.1) is 11.6 Å². The largest absolute Gasteiger partial charge is 0.450 e. The number of amides is 1. The van der Waals surface area contributed by atoms with Crippen molar-refractivity contribution in [3.8, 4) is 0 Å². The lowest BCUT2D eigenvalue weighted by Gasteiger charge is -2.20. The van der Waals surface area contributed by atoms with Crippen molar-refractivity contribution in [2.24, 2.45) is 0 Å². The summed E-state index contributed by atoms with van der Waals surface area (Å²) in [5, 5.41) is 0.0539. The van der Waals surface area contributed by atoms with Gasteiger partial charge in [-0.2, -0.15) is 0 Å². The van der Waals surface area contributed by atoms with Crippen LogP contribution in [0.4, 0.5) is 8.78 Å². The summed E-state index contributed by atoms with van der Waals surface area (Å²) in [6.45, 7) is 0. The number of benzene rings is 2. The van der Waals surface area contributed by atoms with E-state index in [2.05, 4.69) is 0 Å². The zero-order valence-corrected chi connectivity index (χ0v) is 12.5. The Morgan fingerprint density at radius 1 is 1.04 bits per heavy atom. The zero-order valence-electron chi connectivity index (χ0n) is 12.5. The molecule has 4 rings (SSSR count). The second-order valence-electron chi connectivity index (χ2n) is 5.69. The molecular weight excluding hydrogens is 316 g/mol. The summed E-state index contributed by atoms with van der Waals surface area (Å²) in [7, 11) is 1.51. The lowest BCUT2D eigenvalue weighted by Crippen LogP contribution is -2.25. The fraction of sp³-hybridized carbons (Fsp3) is 0.111. The van der Waals surface area contributed by atoms with Crippen molar-refractivity contribution in [1.82, 2.24) is 4.90 Å². The molecule has 4 nitrogen and oxygen atoms in total. The number of hydrogen-bond donors (Lipinski definition) is 0. The molecule has 0 aliphatic carbocycles. The third-order valence-corrected chi connectivity index (χ3v) is 4.23. The van der Waals surface area contributed by atoms with Crippen molar-refractivity contribution in [3.05, 3.63) is 81.2 Å². The fourth-order valence-corrected chi connectivity index (χ4v) is 3.13. The second-order valence-corrected chi connectivity index (χ2v) is 5.69. The zero-order chi connectivity index (χ0) is 17.0. The van der Waals surface area contributed by atoms with Crippen LogP contribution in [-0.2, 0) is 0 Å². The predicted molar refractivity (Wildman–Crippen MR) is 82.8 cm³/mol. The molecule has 1 unspecified atom stereocenters. The van der Waals surface area contributed by atoms with Gasteiger partial charge in [0.15, 0.2) is 5.43 Å². The van der Waals surface area contributed by atoms with Crippen molar-refractivity contribution >= 4 is 16.9 Å². The Hall–Kier alpha value is -3.02. The van der Waals surface area contributed by atoms with E-state index in [1.54, 1.807) is 6.07 Å². The molecule has 24 heavy (non-hydrogen) atoms. The summed E-state index contributed by atoms with van der Waals surface area (Å²) in [5.74, 6) is -1.61. The predicted octanol–water partition coefficient (Wildman–Crippen LogP) is 3.25. The SMILES string of the molecule is CN1C(=O)c2oc3ccc(F)cc3c(=O)c2C1c1cccc(F)c1. The van der Waals surface area contributed by atoms with Gasteiger partial charge in [-0.25, -0.2) is 8.78 Å². The summed E-state index contributed by atoms with van der Waals surface area (Å²) < 4.78 is 32.6. The van der Waals surface area contributed by atoms with Crippen molar-refractivity contribution in [2.75, 3.05) is 7.05 Å². The Labute approximate surface area is 134 Å². The number of carbonyl (C=O) groups excluding carboxylic acids is 1. The molecule has 6 heteroatoms. The van der Waals surface area contributed by atoms with Crippen LogP contribution in [0.5, 0.6) is 0 Å². The molecule has 1 amide bonds. The van der Waals surface area contributed by atoms with Gasteiger partial charge in [0.05, 0.1) is 17.0 Å². The molecule has 3 aromatic rings. The Bertz CT molecular complexity index is 1060. The van der Waals surface area contributed by atoms with E-state index < -0.39 is 29.0 Å². The highest BCUT2D eigenvalue weighted by Crippen LogP contribution is 2.37. The number of nitrogens with zero attached hydrogens (tertiary/aromatic N) is 1. The summed E-state index contributed by atoms with van der Waals surface area (Å²) in [4.78, 5) is 26.6. The average molecular weight is 327 g/mol. The molecule has 1 aliphatic heterocycles. The standard InChI is InChI=1S/C18H11F2NO3/c1-21-15(9-3-2-4-10(19)7-9)14-16(22)12-8-11(20)5-6-13(12)24-17(14)18(21)23/h2-8,15H,1H3. The molecule has 0 N–H and O–H groups in total. The van der Waals surface area contributed by atoms with Crippen LogP contribution in [0.15, 0.2) is 51.7 Å². The molecule has 1 aliphatic rings. The first kappa shape index (κ1) is 14.6. The van der Waals surface area contributed by atoms with E-state index in [-0.39, 0.29) is 22.3 Å². The van der Waals surface area contributed by atoms with E-state index >= 15 is 0 Å². The van der Waals surface area contributed by atoms with Gasteiger partial charge in [0.1, 0.15) is 17.2 Å². The molecule has 1 atom stereocenters. The Morgan fingerprint density at radius 3 is 2.54 bits per heavy atom. The molecule has 0 saturated carbocycles. The van der Waals surface area contributed by atoms with Crippen LogP contribution in [-0.4, -0.2) is 17.9 Å². The summed E-state index contributed by atoms with van der Waals surface area (Å²) >= 11 is 0. The van der Waals surface area contributed by atoms with E-state index in [1.807, 2.05) is 0 Å². The van der Waals surface area contributed by atoms with Gasteiger partial charge >= 0.3 is 0 Å². The highest BCUT2D eigenvalue weighted by Gasteiger charge is 2.40. The molecule has 0 bridgehead atoms. The lowest BCUT2D eigenvalue weighted by atomic mass is 9.99. The van der Waals surface area contributed by atoms with Gasteiger partial charge in [0.25, 0.3) is 5.91 Å². The highest BCUT2D eigenvalue weighted by molar-refractivity contribution is 5.98. The second kappa shape index (κ2) is 4.99. The van der Waals surface area contributed by atoms with Crippen molar-refractivity contribution in [3.63, 3.8) is 0 Å². The maximum atomic E-state index is 13.6. The van der Waals surface area contributed by atoms with Gasteiger partial charge in [-0.15, -0.1) is 0 Å². The van der Waals surface area contributed by atoms with E-state index in [4.69, 9.17) is 4.42 Å². The normalized spacial score (nSPS) is 16.7. The molecular formula is C18H11F2NO3. The Morgan fingerprint density at radius 2 is 1.79 bits per heavy atom. The van der Waals surface area contributed by atoms with Crippen molar-refractivity contribution < 1.29 is 18.0 Å². The molecule has 120 valence electrons. The topological polar surface area (TPSA) is 50.5 Å². The number of hydrogen-bond acceptors (Lipinski definition) is 3. The molecule has 0 saturated heterocycles. The minimum atomic E-state index is -0.771. The third-order valence-electron chi connectivity index (χ3n) is 4.23. The molecule has 0 spiro atoms. The minimum Gasteiger partial charge on any atom is -0.450 e. The summed E-state index contributed by atoms with van der Waals surface area (Å²) in [5.41, 5.74) is 0.207. The minimum absolute atomic E-state index is 0.0539. The van der Waals surface area contributed by atoms with Crippen LogP contribution in [0.1, 0.15) is 27.7 Å². The number of rotatable bonds is 1. The van der Waals surface area contributed by atoms with Crippen LogP contribution in [0.2, 0.25) is 0 Å². The van der Waals surface area contributed by atoms with E-state index in [0.717, 1.165) is 12.1 Å². The van der Waals surface area contributed by atoms with Gasteiger partial charge in [-0.3, -0.25) is 9.59 Å². The van der Waals surface area contributed by atoms with Gasteiger partial charge in [-0.05, 0) is 35.9 Å². The summed E-state index contributed by atoms with van der Waals surface area (Å²) in [6.07, 6.45) is 0. The molecule has 0 radical (unpaired) electrons. The van der Waals surface area contributed by atoms with Crippen molar-refractivity contribution in [2.45, 2.75) is 6.04 Å². The first-order valence-corrected chi connectivity index (χ1v) is 7.26. The molecule has 2 heterocycles. The van der Waals surface area contributed by atoms with Gasteiger partial charge < -0.3 is 9.32 Å². The lowest BCUT2D eigenvalue weighted by molar-refractivity contribution is 0.0771. The fourth-order valence-electron chi connectivity index (χ4n) is 3.13. The molecule has 0 fully saturated rings. The van der Waals surface area contributed by atoms with E-state index in [0.29, 0.717) is 5.56 Å². The first-order chi connectivity index (χ1) is 11.5. The van der Waals surface area contributed by atoms with Gasteiger partial charge in [0, 0.05) is 7.05 Å². The third kappa shape index (κ3) is 1.96. The Kier molecular flexibility index (Phi) is 3.03. The highest BCUT2D eigenvalue weighted by atomic mass is 19.1. The maximum absolute atomic E-state index is 13.6. The van der Waals surface area contributed by atoms with E-state index in [1.165, 1.54) is 36.2 Å². The van der Waals surface area contributed by atoms with Gasteiger partial charge in [0.2, 0.25) is 5.76 Å². The number of carbonyl (C=O) groups is 1. The van der Waals surface area contributed by atoms with Crippen LogP contribution >= 0.6 is 0 Å². The number of halogens is 2. The maximum Gasteiger partial charge on any atom is 0.290 e. The van der Waals surface area contributed by atoms with E-state index in [9.17, 15) is 18.4 Å². The summed E-state index contributed by atoms with van der Waals surface area (Å²) in [6, 6.07) is 8.45. The molecule has 2 aromatic carbocycles. The van der Waals surface area contributed by atoms with Crippen molar-refractivity contribution in [1.29, 1.82) is 0 Å². The number of fused-ring (bicyclic) bond motifs is 2. The monoisotopic (exact) mass is 327 g/mol. The Balaban J connectivity index is 2.05. The van der Waals surface area contributed by atoms with Gasteiger partial charge in [-0.1, -0.05) is 12.1 Å². The van der Waals surface area contributed by atoms with Crippen LogP contribution < -0.4 is 5.43 Å². The molecule has 1 aromatic heterocycles. The van der Waals surface area contributed by atoms with Crippen LogP contribution in [0.25, 0.3) is 11.0 Å². The smallest absolute Gasteiger partial charge is 0.290 e.